The number of hydrogen-bond donors (Lipinski definition) is 1. The molecule has 20 heavy (non-hydrogen) atoms. The Morgan fingerprint density at radius 2 is 1.85 bits per heavy atom. The summed E-state index contributed by atoms with van der Waals surface area (Å²) in [6.45, 7) is 5.61. The first kappa shape index (κ1) is 17.1. The molecule has 1 N–H and O–H groups in total. The molecule has 0 radical (unpaired) electrons. The maximum Gasteiger partial charge on any atom is 0.241 e. The van der Waals surface area contributed by atoms with Crippen molar-refractivity contribution in [2.45, 2.75) is 38.1 Å². The largest absolute Gasteiger partial charge is 0.297 e. The quantitative estimate of drug-likeness (QED) is 0.786. The first-order valence-electron chi connectivity index (χ1n) is 6.49. The molecule has 1 aromatic carbocycles. The second-order valence-corrected chi connectivity index (χ2v) is 6.88. The van der Waals surface area contributed by atoms with E-state index >= 15 is 0 Å². The topological polar surface area (TPSA) is 63.2 Å². The van der Waals surface area contributed by atoms with Gasteiger partial charge in [-0.3, -0.25) is 4.79 Å². The van der Waals surface area contributed by atoms with Gasteiger partial charge in [0.05, 0.1) is 16.8 Å². The minimum Gasteiger partial charge on any atom is -0.297 e. The van der Waals surface area contributed by atoms with Crippen molar-refractivity contribution in [1.82, 2.24) is 4.72 Å². The van der Waals surface area contributed by atoms with Crippen LogP contribution in [0.15, 0.2) is 29.2 Å². The summed E-state index contributed by atoms with van der Waals surface area (Å²) in [4.78, 5) is 12.0. The van der Waals surface area contributed by atoms with Gasteiger partial charge in [0, 0.05) is 0 Å². The molecule has 6 heteroatoms. The third-order valence-electron chi connectivity index (χ3n) is 3.30. The van der Waals surface area contributed by atoms with Crippen LogP contribution < -0.4 is 4.72 Å². The van der Waals surface area contributed by atoms with Gasteiger partial charge in [0.1, 0.15) is 0 Å². The summed E-state index contributed by atoms with van der Waals surface area (Å²) in [6, 6.07) is 5.70. The number of Topliss-reactive ketones (excluding diaryl/α,β-unsaturated/α-hetero) is 1. The van der Waals surface area contributed by atoms with Gasteiger partial charge in [-0.15, -0.1) is 11.6 Å². The Morgan fingerprint density at radius 1 is 1.30 bits per heavy atom. The minimum absolute atomic E-state index is 0.110. The van der Waals surface area contributed by atoms with E-state index in [0.29, 0.717) is 6.42 Å². The smallest absolute Gasteiger partial charge is 0.241 e. The lowest BCUT2D eigenvalue weighted by atomic mass is 9.97. The van der Waals surface area contributed by atoms with Gasteiger partial charge in [0.25, 0.3) is 0 Å². The Balaban J connectivity index is 3.02. The zero-order chi connectivity index (χ0) is 15.3. The fourth-order valence-corrected chi connectivity index (χ4v) is 3.27. The Labute approximate surface area is 125 Å². The van der Waals surface area contributed by atoms with Crippen LogP contribution in [-0.2, 0) is 14.8 Å². The average molecular weight is 318 g/mol. The molecule has 0 aliphatic rings. The van der Waals surface area contributed by atoms with Crippen molar-refractivity contribution in [1.29, 1.82) is 0 Å². The zero-order valence-corrected chi connectivity index (χ0v) is 13.5. The minimum atomic E-state index is -3.72. The molecule has 0 fully saturated rings. The molecule has 0 aliphatic carbocycles. The van der Waals surface area contributed by atoms with E-state index in [1.807, 2.05) is 20.8 Å². The fourth-order valence-electron chi connectivity index (χ4n) is 1.77. The number of ketones is 1. The van der Waals surface area contributed by atoms with Crippen molar-refractivity contribution in [2.24, 2.45) is 5.92 Å². The van der Waals surface area contributed by atoms with Crippen LogP contribution >= 0.6 is 11.6 Å². The summed E-state index contributed by atoms with van der Waals surface area (Å²) < 4.78 is 27.0. The molecule has 0 unspecified atom stereocenters. The molecule has 2 atom stereocenters. The highest BCUT2D eigenvalue weighted by Gasteiger charge is 2.28. The number of carbonyl (C=O) groups is 1. The highest BCUT2D eigenvalue weighted by Crippen LogP contribution is 2.15. The monoisotopic (exact) mass is 317 g/mol. The van der Waals surface area contributed by atoms with Crippen LogP contribution in [0.25, 0.3) is 0 Å². The zero-order valence-electron chi connectivity index (χ0n) is 11.9. The van der Waals surface area contributed by atoms with Gasteiger partial charge in [-0.05, 0) is 25.0 Å². The van der Waals surface area contributed by atoms with Gasteiger partial charge in [-0.2, -0.15) is 0 Å². The maximum absolute atomic E-state index is 12.3. The third kappa shape index (κ3) is 4.30. The van der Waals surface area contributed by atoms with Crippen LogP contribution in [0.2, 0.25) is 0 Å². The van der Waals surface area contributed by atoms with Crippen LogP contribution in [0.5, 0.6) is 0 Å². The molecule has 112 valence electrons. The average Bonchev–Trinajstić information content (AvgIpc) is 2.43. The van der Waals surface area contributed by atoms with E-state index in [2.05, 4.69) is 4.72 Å². The molecule has 0 spiro atoms. The Morgan fingerprint density at radius 3 is 2.30 bits per heavy atom. The number of benzene rings is 1. The summed E-state index contributed by atoms with van der Waals surface area (Å²) in [5.41, 5.74) is 0.972. The van der Waals surface area contributed by atoms with Crippen LogP contribution in [0, 0.1) is 12.8 Å². The molecule has 1 rings (SSSR count). The van der Waals surface area contributed by atoms with Crippen LogP contribution in [0.4, 0.5) is 0 Å². The third-order valence-corrected chi connectivity index (χ3v) is 5.03. The first-order chi connectivity index (χ1) is 9.31. The van der Waals surface area contributed by atoms with E-state index in [1.165, 1.54) is 12.1 Å². The molecule has 0 saturated carbocycles. The summed E-state index contributed by atoms with van der Waals surface area (Å²) in [5.74, 6) is -0.621. The van der Waals surface area contributed by atoms with Crippen molar-refractivity contribution in [3.8, 4) is 0 Å². The van der Waals surface area contributed by atoms with Crippen molar-refractivity contribution in [3.05, 3.63) is 29.8 Å². The predicted molar refractivity (Wildman–Crippen MR) is 80.5 cm³/mol. The Kier molecular flexibility index (Phi) is 6.17. The molecular formula is C14H20ClNO3S. The standard InChI is InChI=1S/C14H20ClNO3S/c1-4-11(3)14(13(17)9-15)16-20(18,19)12-7-5-10(2)6-8-12/h5-8,11,14,16H,4,9H2,1-3H3/t11-,14-/m1/s1. The molecule has 0 saturated heterocycles. The molecular weight excluding hydrogens is 298 g/mol. The molecule has 0 aliphatic heterocycles. The number of rotatable bonds is 7. The summed E-state index contributed by atoms with van der Waals surface area (Å²) in [5, 5.41) is 0. The maximum atomic E-state index is 12.3. The van der Waals surface area contributed by atoms with Gasteiger partial charge < -0.3 is 0 Å². The molecule has 4 nitrogen and oxygen atoms in total. The van der Waals surface area contributed by atoms with Gasteiger partial charge in [0.15, 0.2) is 5.78 Å². The Bertz CT molecular complexity index is 554. The normalized spacial score (nSPS) is 14.8. The number of nitrogens with one attached hydrogen (secondary N) is 1. The predicted octanol–water partition coefficient (Wildman–Crippen LogP) is 2.50. The molecule has 1 aromatic rings. The summed E-state index contributed by atoms with van der Waals surface area (Å²) in [6.07, 6.45) is 0.684. The van der Waals surface area contributed by atoms with Crippen molar-refractivity contribution >= 4 is 27.4 Å². The number of aryl methyl sites for hydroxylation is 1. The number of halogens is 1. The van der Waals surface area contributed by atoms with Gasteiger partial charge in [0.2, 0.25) is 10.0 Å². The number of alkyl halides is 1. The van der Waals surface area contributed by atoms with E-state index in [-0.39, 0.29) is 22.5 Å². The highest BCUT2D eigenvalue weighted by atomic mass is 35.5. The molecule has 0 heterocycles. The van der Waals surface area contributed by atoms with Gasteiger partial charge in [-0.1, -0.05) is 38.0 Å². The first-order valence-corrected chi connectivity index (χ1v) is 8.51. The second-order valence-electron chi connectivity index (χ2n) is 4.90. The SMILES string of the molecule is CC[C@@H](C)[C@@H](NS(=O)(=O)c1ccc(C)cc1)C(=O)CCl. The Hall–Kier alpha value is -0.910. The van der Waals surface area contributed by atoms with Crippen molar-refractivity contribution < 1.29 is 13.2 Å². The van der Waals surface area contributed by atoms with Crippen molar-refractivity contribution in [2.75, 3.05) is 5.88 Å². The second kappa shape index (κ2) is 7.20. The van der Waals surface area contributed by atoms with E-state index in [0.717, 1.165) is 5.56 Å². The summed E-state index contributed by atoms with van der Waals surface area (Å²) in [7, 11) is -3.72. The van der Waals surface area contributed by atoms with Crippen LogP contribution in [0.3, 0.4) is 0 Å². The fraction of sp³-hybridized carbons (Fsp3) is 0.500. The lowest BCUT2D eigenvalue weighted by Crippen LogP contribution is -2.45. The lowest BCUT2D eigenvalue weighted by Gasteiger charge is -2.22. The van der Waals surface area contributed by atoms with E-state index in [4.69, 9.17) is 11.6 Å². The number of hydrogen-bond acceptors (Lipinski definition) is 3. The van der Waals surface area contributed by atoms with E-state index < -0.39 is 16.1 Å². The molecule has 0 bridgehead atoms. The highest BCUT2D eigenvalue weighted by molar-refractivity contribution is 7.89. The number of sulfonamides is 1. The van der Waals surface area contributed by atoms with E-state index in [9.17, 15) is 13.2 Å². The van der Waals surface area contributed by atoms with Gasteiger partial charge in [-0.25, -0.2) is 13.1 Å². The molecule has 0 aromatic heterocycles. The summed E-state index contributed by atoms with van der Waals surface area (Å²) >= 11 is 5.56. The molecule has 0 amide bonds. The lowest BCUT2D eigenvalue weighted by molar-refractivity contribution is -0.119. The number of carbonyl (C=O) groups excluding carboxylic acids is 1. The van der Waals surface area contributed by atoms with Gasteiger partial charge >= 0.3 is 0 Å². The van der Waals surface area contributed by atoms with Crippen LogP contribution in [0.1, 0.15) is 25.8 Å². The van der Waals surface area contributed by atoms with Crippen molar-refractivity contribution in [3.63, 3.8) is 0 Å². The van der Waals surface area contributed by atoms with E-state index in [1.54, 1.807) is 12.1 Å². The van der Waals surface area contributed by atoms with Crippen LogP contribution in [-0.4, -0.2) is 26.1 Å².